The summed E-state index contributed by atoms with van der Waals surface area (Å²) in [5, 5.41) is 0. The van der Waals surface area contributed by atoms with Gasteiger partial charge in [0, 0.05) is 19.1 Å². The molecule has 0 unspecified atom stereocenters. The van der Waals surface area contributed by atoms with E-state index < -0.39 is 0 Å². The molecular weight excluding hydrogens is 300 g/mol. The molecule has 0 aromatic heterocycles. The van der Waals surface area contributed by atoms with Crippen molar-refractivity contribution in [3.63, 3.8) is 0 Å². The lowest BCUT2D eigenvalue weighted by molar-refractivity contribution is -0.129. The molecule has 0 bridgehead atoms. The van der Waals surface area contributed by atoms with E-state index in [1.54, 1.807) is 0 Å². The Bertz CT molecular complexity index is 714. The van der Waals surface area contributed by atoms with E-state index in [0.29, 0.717) is 19.6 Å². The Morgan fingerprint density at radius 2 is 2.08 bits per heavy atom. The minimum Gasteiger partial charge on any atom is -0.489 e. The van der Waals surface area contributed by atoms with E-state index in [9.17, 15) is 4.79 Å². The van der Waals surface area contributed by atoms with Crippen LogP contribution in [0.5, 0.6) is 5.75 Å². The molecule has 1 aliphatic heterocycles. The second-order valence-corrected chi connectivity index (χ2v) is 6.43. The van der Waals surface area contributed by atoms with Gasteiger partial charge in [0.2, 0.25) is 5.91 Å². The second-order valence-electron chi connectivity index (χ2n) is 6.43. The van der Waals surface area contributed by atoms with Gasteiger partial charge >= 0.3 is 0 Å². The molecule has 0 spiro atoms. The minimum absolute atomic E-state index is 0.123. The first-order chi connectivity index (χ1) is 11.6. The van der Waals surface area contributed by atoms with Crippen molar-refractivity contribution >= 4 is 5.91 Å². The number of hydrogen-bond donors (Lipinski definition) is 1. The highest BCUT2D eigenvalue weighted by atomic mass is 16.5. The largest absolute Gasteiger partial charge is 0.489 e. The van der Waals surface area contributed by atoms with E-state index >= 15 is 0 Å². The number of aryl methyl sites for hydroxylation is 1. The highest BCUT2D eigenvalue weighted by molar-refractivity contribution is 5.79. The summed E-state index contributed by atoms with van der Waals surface area (Å²) in [5.74, 6) is 0.931. The molecule has 4 heteroatoms. The lowest BCUT2D eigenvalue weighted by Gasteiger charge is -2.16. The molecule has 1 heterocycles. The molecular formula is C20H24N2O2. The number of nitrogens with zero attached hydrogens (tertiary/aromatic N) is 1. The van der Waals surface area contributed by atoms with Crippen LogP contribution in [-0.4, -0.2) is 29.9 Å². The molecule has 24 heavy (non-hydrogen) atoms. The van der Waals surface area contributed by atoms with Crippen LogP contribution >= 0.6 is 0 Å². The van der Waals surface area contributed by atoms with Crippen molar-refractivity contribution < 1.29 is 9.53 Å². The summed E-state index contributed by atoms with van der Waals surface area (Å²) in [6.45, 7) is 4.05. The van der Waals surface area contributed by atoms with Gasteiger partial charge in [0.05, 0.1) is 6.42 Å². The number of rotatable bonds is 5. The Hall–Kier alpha value is -2.33. The first kappa shape index (κ1) is 16.5. The SMILES string of the molecule is Cc1ccccc1COc1cccc(CC(=O)N2CC[C@@H](N)C2)c1. The van der Waals surface area contributed by atoms with Crippen LogP contribution in [0.15, 0.2) is 48.5 Å². The van der Waals surface area contributed by atoms with Gasteiger partial charge in [-0.25, -0.2) is 0 Å². The van der Waals surface area contributed by atoms with Crippen LogP contribution in [-0.2, 0) is 17.8 Å². The van der Waals surface area contributed by atoms with Crippen LogP contribution in [0.25, 0.3) is 0 Å². The topological polar surface area (TPSA) is 55.6 Å². The van der Waals surface area contributed by atoms with Crippen molar-refractivity contribution in [3.8, 4) is 5.75 Å². The Balaban J connectivity index is 1.60. The smallest absolute Gasteiger partial charge is 0.227 e. The zero-order valence-corrected chi connectivity index (χ0v) is 14.1. The van der Waals surface area contributed by atoms with Crippen LogP contribution in [0.4, 0.5) is 0 Å². The predicted octanol–water partition coefficient (Wildman–Crippen LogP) is 2.68. The standard InChI is InChI=1S/C20H24N2O2/c1-15-5-2-3-7-17(15)14-24-19-8-4-6-16(11-19)12-20(23)22-10-9-18(21)13-22/h2-8,11,18H,9-10,12-14,21H2,1H3/t18-/m1/s1. The Morgan fingerprint density at radius 3 is 2.83 bits per heavy atom. The van der Waals surface area contributed by atoms with E-state index in [1.807, 2.05) is 41.3 Å². The summed E-state index contributed by atoms with van der Waals surface area (Å²) in [6, 6.07) is 16.1. The highest BCUT2D eigenvalue weighted by Crippen LogP contribution is 2.18. The molecule has 0 aliphatic carbocycles. The summed E-state index contributed by atoms with van der Waals surface area (Å²) in [6.07, 6.45) is 1.29. The molecule has 1 saturated heterocycles. The summed E-state index contributed by atoms with van der Waals surface area (Å²) in [7, 11) is 0. The normalized spacial score (nSPS) is 17.1. The van der Waals surface area contributed by atoms with Gasteiger partial charge in [-0.05, 0) is 42.2 Å². The average Bonchev–Trinajstić information content (AvgIpc) is 3.01. The molecule has 2 aromatic carbocycles. The van der Waals surface area contributed by atoms with Crippen molar-refractivity contribution in [1.29, 1.82) is 0 Å². The Labute approximate surface area is 143 Å². The third-order valence-electron chi connectivity index (χ3n) is 4.49. The van der Waals surface area contributed by atoms with Crippen LogP contribution in [0.1, 0.15) is 23.1 Å². The molecule has 126 valence electrons. The predicted molar refractivity (Wildman–Crippen MR) is 94.8 cm³/mol. The number of ether oxygens (including phenoxy) is 1. The van der Waals surface area contributed by atoms with Gasteiger partial charge in [-0.15, -0.1) is 0 Å². The number of amides is 1. The number of hydrogen-bond acceptors (Lipinski definition) is 3. The fraction of sp³-hybridized carbons (Fsp3) is 0.350. The van der Waals surface area contributed by atoms with Crippen molar-refractivity contribution in [2.24, 2.45) is 5.73 Å². The van der Waals surface area contributed by atoms with Gasteiger partial charge < -0.3 is 15.4 Å². The Kier molecular flexibility index (Phi) is 5.16. The molecule has 0 saturated carbocycles. The zero-order valence-electron chi connectivity index (χ0n) is 14.1. The third-order valence-corrected chi connectivity index (χ3v) is 4.49. The van der Waals surface area contributed by atoms with E-state index in [1.165, 1.54) is 11.1 Å². The number of carbonyl (C=O) groups is 1. The molecule has 4 nitrogen and oxygen atoms in total. The quantitative estimate of drug-likeness (QED) is 0.920. The molecule has 1 aliphatic rings. The third kappa shape index (κ3) is 4.15. The highest BCUT2D eigenvalue weighted by Gasteiger charge is 2.23. The maximum Gasteiger partial charge on any atom is 0.227 e. The van der Waals surface area contributed by atoms with Crippen molar-refractivity contribution in [2.45, 2.75) is 32.4 Å². The van der Waals surface area contributed by atoms with Gasteiger partial charge in [0.15, 0.2) is 0 Å². The number of benzene rings is 2. The van der Waals surface area contributed by atoms with Gasteiger partial charge in [-0.1, -0.05) is 36.4 Å². The average molecular weight is 324 g/mol. The van der Waals surface area contributed by atoms with Crippen LogP contribution in [0.2, 0.25) is 0 Å². The zero-order chi connectivity index (χ0) is 16.9. The Morgan fingerprint density at radius 1 is 1.25 bits per heavy atom. The van der Waals surface area contributed by atoms with E-state index in [2.05, 4.69) is 19.1 Å². The maximum atomic E-state index is 12.3. The van der Waals surface area contributed by atoms with Crippen LogP contribution < -0.4 is 10.5 Å². The summed E-state index contributed by atoms with van der Waals surface area (Å²) in [4.78, 5) is 14.2. The molecule has 1 fully saturated rings. The molecule has 2 N–H and O–H groups in total. The molecule has 2 aromatic rings. The summed E-state index contributed by atoms with van der Waals surface area (Å²) < 4.78 is 5.89. The molecule has 0 radical (unpaired) electrons. The monoisotopic (exact) mass is 324 g/mol. The van der Waals surface area contributed by atoms with Gasteiger partial charge in [0.25, 0.3) is 0 Å². The maximum absolute atomic E-state index is 12.3. The van der Waals surface area contributed by atoms with Gasteiger partial charge in [-0.3, -0.25) is 4.79 Å². The number of likely N-dealkylation sites (tertiary alicyclic amines) is 1. The molecule has 1 amide bonds. The van der Waals surface area contributed by atoms with Gasteiger partial charge in [-0.2, -0.15) is 0 Å². The van der Waals surface area contributed by atoms with Gasteiger partial charge in [0.1, 0.15) is 12.4 Å². The first-order valence-corrected chi connectivity index (χ1v) is 8.41. The van der Waals surface area contributed by atoms with Crippen molar-refractivity contribution in [2.75, 3.05) is 13.1 Å². The number of nitrogens with two attached hydrogens (primary N) is 1. The van der Waals surface area contributed by atoms with Crippen LogP contribution in [0, 0.1) is 6.92 Å². The van der Waals surface area contributed by atoms with Crippen molar-refractivity contribution in [3.05, 3.63) is 65.2 Å². The number of carbonyl (C=O) groups excluding carboxylic acids is 1. The fourth-order valence-electron chi connectivity index (χ4n) is 2.98. The van der Waals surface area contributed by atoms with E-state index in [4.69, 9.17) is 10.5 Å². The first-order valence-electron chi connectivity index (χ1n) is 8.41. The minimum atomic E-state index is 0.123. The van der Waals surface area contributed by atoms with Crippen LogP contribution in [0.3, 0.4) is 0 Å². The lowest BCUT2D eigenvalue weighted by Crippen LogP contribution is -2.32. The molecule has 3 rings (SSSR count). The molecule has 1 atom stereocenters. The van der Waals surface area contributed by atoms with E-state index in [0.717, 1.165) is 24.3 Å². The lowest BCUT2D eigenvalue weighted by atomic mass is 10.1. The second kappa shape index (κ2) is 7.49. The van der Waals surface area contributed by atoms with E-state index in [-0.39, 0.29) is 11.9 Å². The summed E-state index contributed by atoms with van der Waals surface area (Å²) in [5.41, 5.74) is 9.24. The summed E-state index contributed by atoms with van der Waals surface area (Å²) >= 11 is 0. The fourth-order valence-corrected chi connectivity index (χ4v) is 2.98. The van der Waals surface area contributed by atoms with Crippen molar-refractivity contribution in [1.82, 2.24) is 4.90 Å².